The third-order valence-corrected chi connectivity index (χ3v) is 7.18. The zero-order valence-electron chi connectivity index (χ0n) is 23.0. The largest absolute Gasteiger partial charge is 0.480 e. The first-order valence-electron chi connectivity index (χ1n) is 13.7. The van der Waals surface area contributed by atoms with Crippen LogP contribution >= 0.6 is 0 Å². The monoisotopic (exact) mass is 591 g/mol. The second-order valence-corrected chi connectivity index (χ2v) is 10.2. The number of nitrogens with two attached hydrogens (primary N) is 2. The Balaban J connectivity index is 1.44. The number of carbonyl (C=O) groups is 7. The van der Waals surface area contributed by atoms with Crippen molar-refractivity contribution in [3.05, 3.63) is 18.2 Å². The quantitative estimate of drug-likeness (QED) is 0.111. The minimum Gasteiger partial charge on any atom is -0.480 e. The van der Waals surface area contributed by atoms with Crippen LogP contribution in [0.2, 0.25) is 0 Å². The highest BCUT2D eigenvalue weighted by molar-refractivity contribution is 5.94. The number of primary amides is 1. The topological polar surface area (TPSA) is 263 Å². The van der Waals surface area contributed by atoms with E-state index in [1.54, 1.807) is 6.20 Å². The second-order valence-electron chi connectivity index (χ2n) is 10.2. The number of rotatable bonds is 14. The van der Waals surface area contributed by atoms with E-state index in [0.717, 1.165) is 0 Å². The fraction of sp³-hybridized carbons (Fsp3) is 0.600. The van der Waals surface area contributed by atoms with Gasteiger partial charge in [-0.3, -0.25) is 28.8 Å². The standard InChI is InChI=1S/C25H37N9O8/c26-15(9-14-10-28-13-31-14)24(40)34-8-2-3-17(34)22(38)30-11-20(36)29-12-21(37)33-7-1-4-18(33)23(39)32-16(25(41)42)5-6-19(27)35/h10,13,15-18H,1-9,11-12,26H2,(H2,27,35)(H,28,31)(H,29,36)(H,30,38)(H,32,39)(H,41,42)/t15-,16-,17-,18-/m0/s1. The van der Waals surface area contributed by atoms with E-state index in [4.69, 9.17) is 11.5 Å². The Morgan fingerprint density at radius 1 is 1.00 bits per heavy atom. The first-order valence-corrected chi connectivity index (χ1v) is 13.7. The highest BCUT2D eigenvalue weighted by Gasteiger charge is 2.37. The van der Waals surface area contributed by atoms with Crippen molar-refractivity contribution in [1.29, 1.82) is 0 Å². The summed E-state index contributed by atoms with van der Waals surface area (Å²) in [5.74, 6) is -4.84. The number of likely N-dealkylation sites (tertiary alicyclic amines) is 2. The van der Waals surface area contributed by atoms with Gasteiger partial charge in [-0.05, 0) is 32.1 Å². The molecule has 42 heavy (non-hydrogen) atoms. The van der Waals surface area contributed by atoms with E-state index in [1.165, 1.54) is 16.1 Å². The Bertz CT molecular complexity index is 1170. The molecule has 6 amide bonds. The average molecular weight is 592 g/mol. The molecule has 1 aromatic rings. The first kappa shape index (κ1) is 32.0. The van der Waals surface area contributed by atoms with Crippen LogP contribution in [0.25, 0.3) is 0 Å². The molecule has 17 heteroatoms. The van der Waals surface area contributed by atoms with Crippen molar-refractivity contribution in [3.63, 3.8) is 0 Å². The number of nitrogens with zero attached hydrogens (tertiary/aromatic N) is 3. The molecule has 0 bridgehead atoms. The van der Waals surface area contributed by atoms with E-state index in [9.17, 15) is 38.7 Å². The van der Waals surface area contributed by atoms with Gasteiger partial charge < -0.3 is 47.3 Å². The molecular weight excluding hydrogens is 554 g/mol. The number of H-pyrrole nitrogens is 1. The molecule has 0 unspecified atom stereocenters. The van der Waals surface area contributed by atoms with Gasteiger partial charge in [0.15, 0.2) is 0 Å². The van der Waals surface area contributed by atoms with Gasteiger partial charge in [-0.2, -0.15) is 0 Å². The van der Waals surface area contributed by atoms with Gasteiger partial charge in [-0.25, -0.2) is 9.78 Å². The van der Waals surface area contributed by atoms with E-state index >= 15 is 0 Å². The number of aliphatic carboxylic acids is 1. The third kappa shape index (κ3) is 8.73. The number of carbonyl (C=O) groups excluding carboxylic acids is 6. The molecule has 4 atom stereocenters. The van der Waals surface area contributed by atoms with Crippen molar-refractivity contribution >= 4 is 41.4 Å². The summed E-state index contributed by atoms with van der Waals surface area (Å²) in [6, 6.07) is -3.92. The number of aromatic nitrogens is 2. The third-order valence-electron chi connectivity index (χ3n) is 7.18. The highest BCUT2D eigenvalue weighted by atomic mass is 16.4. The number of carboxylic acid groups (broad SMARTS) is 1. The lowest BCUT2D eigenvalue weighted by atomic mass is 10.1. The molecule has 3 rings (SSSR count). The van der Waals surface area contributed by atoms with E-state index in [1.807, 2.05) is 0 Å². The Morgan fingerprint density at radius 2 is 1.67 bits per heavy atom. The minimum absolute atomic E-state index is 0.191. The summed E-state index contributed by atoms with van der Waals surface area (Å²) in [5.41, 5.74) is 11.8. The summed E-state index contributed by atoms with van der Waals surface area (Å²) in [4.78, 5) is 95.2. The number of hydrogen-bond acceptors (Lipinski definition) is 9. The smallest absolute Gasteiger partial charge is 0.326 e. The van der Waals surface area contributed by atoms with E-state index in [2.05, 4.69) is 25.9 Å². The van der Waals surface area contributed by atoms with Crippen LogP contribution in [0.3, 0.4) is 0 Å². The predicted molar refractivity (Wildman–Crippen MR) is 144 cm³/mol. The van der Waals surface area contributed by atoms with Crippen molar-refractivity contribution in [2.24, 2.45) is 11.5 Å². The van der Waals surface area contributed by atoms with Gasteiger partial charge in [0.05, 0.1) is 25.5 Å². The molecule has 0 spiro atoms. The second kappa shape index (κ2) is 14.9. The maximum Gasteiger partial charge on any atom is 0.326 e. The zero-order chi connectivity index (χ0) is 30.8. The summed E-state index contributed by atoms with van der Waals surface area (Å²) in [5, 5.41) is 16.5. The van der Waals surface area contributed by atoms with Crippen molar-refractivity contribution < 1.29 is 38.7 Å². The van der Waals surface area contributed by atoms with Crippen LogP contribution in [0.15, 0.2) is 12.5 Å². The number of carboxylic acids is 1. The van der Waals surface area contributed by atoms with Crippen LogP contribution in [0.5, 0.6) is 0 Å². The molecule has 9 N–H and O–H groups in total. The number of aromatic amines is 1. The van der Waals surface area contributed by atoms with Gasteiger partial charge in [0.2, 0.25) is 35.4 Å². The lowest BCUT2D eigenvalue weighted by Gasteiger charge is -2.26. The van der Waals surface area contributed by atoms with Gasteiger partial charge in [-0.15, -0.1) is 0 Å². The van der Waals surface area contributed by atoms with E-state index in [0.29, 0.717) is 37.9 Å². The molecule has 230 valence electrons. The van der Waals surface area contributed by atoms with Crippen LogP contribution < -0.4 is 27.4 Å². The normalized spacial score (nSPS) is 19.5. The van der Waals surface area contributed by atoms with Gasteiger partial charge in [0, 0.05) is 37.8 Å². The van der Waals surface area contributed by atoms with Gasteiger partial charge >= 0.3 is 5.97 Å². The number of nitrogens with one attached hydrogen (secondary N) is 4. The lowest BCUT2D eigenvalue weighted by molar-refractivity contribution is -0.144. The molecule has 0 radical (unpaired) electrons. The number of amides is 6. The molecule has 0 saturated carbocycles. The molecule has 0 aromatic carbocycles. The van der Waals surface area contributed by atoms with Crippen LogP contribution in [0, 0.1) is 0 Å². The molecule has 17 nitrogen and oxygen atoms in total. The molecule has 0 aliphatic carbocycles. The van der Waals surface area contributed by atoms with E-state index in [-0.39, 0.29) is 31.7 Å². The number of hydrogen-bond donors (Lipinski definition) is 7. The zero-order valence-corrected chi connectivity index (χ0v) is 23.0. The molecule has 2 fully saturated rings. The van der Waals surface area contributed by atoms with Crippen molar-refractivity contribution in [2.75, 3.05) is 26.2 Å². The molecule has 2 saturated heterocycles. The lowest BCUT2D eigenvalue weighted by Crippen LogP contribution is -2.54. The predicted octanol–water partition coefficient (Wildman–Crippen LogP) is -3.67. The van der Waals surface area contributed by atoms with Gasteiger partial charge in [0.25, 0.3) is 0 Å². The van der Waals surface area contributed by atoms with Gasteiger partial charge in [0.1, 0.15) is 18.1 Å². The van der Waals surface area contributed by atoms with Crippen LogP contribution in [-0.2, 0) is 40.0 Å². The molecule has 1 aromatic heterocycles. The van der Waals surface area contributed by atoms with Crippen LogP contribution in [-0.4, -0.2) is 117 Å². The fourth-order valence-corrected chi connectivity index (χ4v) is 5.01. The maximum absolute atomic E-state index is 12.8. The SMILES string of the molecule is NC(=O)CC[C@H](NC(=O)[C@@H]1CCCN1C(=O)CNC(=O)CNC(=O)[C@@H]1CCCN1C(=O)[C@@H](N)Cc1cnc[nH]1)C(=O)O. The molecule has 2 aliphatic heterocycles. The summed E-state index contributed by atoms with van der Waals surface area (Å²) < 4.78 is 0. The minimum atomic E-state index is -1.34. The summed E-state index contributed by atoms with van der Waals surface area (Å²) in [6.07, 6.45) is 4.65. The van der Waals surface area contributed by atoms with Crippen molar-refractivity contribution in [3.8, 4) is 0 Å². The Kier molecular flexibility index (Phi) is 11.3. The molecule has 2 aliphatic rings. The number of imidazole rings is 1. The summed E-state index contributed by atoms with van der Waals surface area (Å²) >= 11 is 0. The Hall–Kier alpha value is -4.54. The molecular formula is C25H37N9O8. The highest BCUT2D eigenvalue weighted by Crippen LogP contribution is 2.19. The Morgan fingerprint density at radius 3 is 2.29 bits per heavy atom. The average Bonchev–Trinajstić information content (AvgIpc) is 3.73. The maximum atomic E-state index is 12.8. The molecule has 3 heterocycles. The van der Waals surface area contributed by atoms with Crippen molar-refractivity contribution in [2.45, 2.75) is 69.1 Å². The Labute approximate surface area is 241 Å². The summed E-state index contributed by atoms with van der Waals surface area (Å²) in [6.45, 7) is -0.290. The summed E-state index contributed by atoms with van der Waals surface area (Å²) in [7, 11) is 0. The fourth-order valence-electron chi connectivity index (χ4n) is 5.01. The van der Waals surface area contributed by atoms with Crippen molar-refractivity contribution in [1.82, 2.24) is 35.7 Å². The van der Waals surface area contributed by atoms with Gasteiger partial charge in [-0.1, -0.05) is 0 Å². The van der Waals surface area contributed by atoms with Crippen LogP contribution in [0.1, 0.15) is 44.2 Å². The van der Waals surface area contributed by atoms with Crippen LogP contribution in [0.4, 0.5) is 0 Å². The first-order chi connectivity index (χ1) is 20.0. The van der Waals surface area contributed by atoms with E-state index < -0.39 is 72.8 Å².